The first-order valence-corrected chi connectivity index (χ1v) is 21.8. The zero-order chi connectivity index (χ0) is 58.6. The van der Waals surface area contributed by atoms with E-state index in [0.29, 0.717) is 0 Å². The zero-order valence-electron chi connectivity index (χ0n) is 39.0. The van der Waals surface area contributed by atoms with Gasteiger partial charge in [-0.25, -0.2) is 0 Å². The lowest BCUT2D eigenvalue weighted by Gasteiger charge is -2.46. The van der Waals surface area contributed by atoms with Crippen LogP contribution in [0.15, 0.2) is 140 Å². The molecule has 0 amide bonds. The van der Waals surface area contributed by atoms with E-state index in [0.717, 1.165) is 12.2 Å². The van der Waals surface area contributed by atoms with Gasteiger partial charge >= 0.3 is 49.4 Å². The van der Waals surface area contributed by atoms with E-state index in [2.05, 4.69) is 65.9 Å². The Morgan fingerprint density at radius 1 is 0.372 bits per heavy atom. The number of nitrogens with zero attached hydrogens (tertiary/aromatic N) is 2. The van der Waals surface area contributed by atoms with E-state index in [1.54, 1.807) is 0 Å². The van der Waals surface area contributed by atoms with Gasteiger partial charge in [0.05, 0.1) is 62.5 Å². The van der Waals surface area contributed by atoms with Gasteiger partial charge in [0.2, 0.25) is 5.69 Å². The molecular formula is C51H31BF24N2. The summed E-state index contributed by atoms with van der Waals surface area (Å²) in [7, 11) is 0. The Labute approximate surface area is 424 Å². The van der Waals surface area contributed by atoms with Crippen molar-refractivity contribution in [1.29, 1.82) is 0 Å². The number of halogens is 24. The van der Waals surface area contributed by atoms with E-state index >= 15 is 0 Å². The molecule has 2 nitrogen and oxygen atoms in total. The van der Waals surface area contributed by atoms with E-state index in [4.69, 9.17) is 0 Å². The minimum Gasteiger partial charge on any atom is -0.252 e. The van der Waals surface area contributed by atoms with Gasteiger partial charge in [0.1, 0.15) is 6.15 Å². The van der Waals surface area contributed by atoms with Crippen LogP contribution in [0.5, 0.6) is 0 Å². The highest BCUT2D eigenvalue weighted by atomic mass is 19.4. The maximum absolute atomic E-state index is 14.2. The molecule has 416 valence electrons. The van der Waals surface area contributed by atoms with Gasteiger partial charge in [-0.3, -0.25) is 4.98 Å². The number of aryl methyl sites for hydroxylation is 1. The van der Waals surface area contributed by atoms with E-state index in [9.17, 15) is 105 Å². The fourth-order valence-corrected chi connectivity index (χ4v) is 8.63. The molecule has 0 radical (unpaired) electrons. The molecule has 0 aliphatic carbocycles. The van der Waals surface area contributed by atoms with Crippen LogP contribution in [-0.2, 0) is 56.0 Å². The molecule has 27 heteroatoms. The Hall–Kier alpha value is -7.22. The quantitative estimate of drug-likeness (QED) is 0.0883. The van der Waals surface area contributed by atoms with Crippen LogP contribution in [0.1, 0.15) is 61.2 Å². The summed E-state index contributed by atoms with van der Waals surface area (Å²) in [5.41, 5.74) is -23.9. The molecule has 7 aromatic rings. The highest BCUT2D eigenvalue weighted by Gasteiger charge is 2.47. The summed E-state index contributed by atoms with van der Waals surface area (Å²) >= 11 is 0. The van der Waals surface area contributed by atoms with Crippen LogP contribution in [0, 0.1) is 13.8 Å². The van der Waals surface area contributed by atoms with E-state index in [-0.39, 0.29) is 0 Å². The average molecular weight is 1140 g/mol. The molecule has 0 aliphatic heterocycles. The molecule has 1 heterocycles. The Balaban J connectivity index is 0.000000387. The molecule has 0 aliphatic rings. The van der Waals surface area contributed by atoms with Crippen LogP contribution in [-0.4, -0.2) is 11.1 Å². The third-order valence-electron chi connectivity index (χ3n) is 12.4. The molecule has 78 heavy (non-hydrogen) atoms. The second-order valence-electron chi connectivity index (χ2n) is 17.5. The first kappa shape index (κ1) is 60.0. The molecule has 0 saturated carbocycles. The van der Waals surface area contributed by atoms with Crippen LogP contribution >= 0.6 is 0 Å². The number of benzene rings is 6. The normalized spacial score (nSPS) is 13.3. The van der Waals surface area contributed by atoms with E-state index in [1.165, 1.54) is 22.3 Å². The summed E-state index contributed by atoms with van der Waals surface area (Å²) in [6, 6.07) is 8.13. The predicted molar refractivity (Wildman–Crippen MR) is 235 cm³/mol. The summed E-state index contributed by atoms with van der Waals surface area (Å²) < 4.78 is 343. The monoisotopic (exact) mass is 1140 g/mol. The second kappa shape index (κ2) is 20.9. The summed E-state index contributed by atoms with van der Waals surface area (Å²) in [5, 5.41) is 0. The van der Waals surface area contributed by atoms with Crippen LogP contribution < -0.4 is 26.4 Å². The average Bonchev–Trinajstić information content (AvgIpc) is 3.32. The van der Waals surface area contributed by atoms with Crippen molar-refractivity contribution in [1.82, 2.24) is 4.98 Å². The van der Waals surface area contributed by atoms with Crippen molar-refractivity contribution < 1.29 is 110 Å². The van der Waals surface area contributed by atoms with Crippen molar-refractivity contribution in [3.05, 3.63) is 201 Å². The van der Waals surface area contributed by atoms with Crippen molar-refractivity contribution in [3.8, 4) is 11.3 Å². The SMILES string of the molecule is Cc1cccc(-c2cncc[n+]2Cc2ccccc2)c1C.FC(F)(F)c1cc([B-](c2cc(C(F)(F)F)cc(C(F)(F)F)c2)(c2cc(C(F)(F)F)cc(C(F)(F)F)c2)c2cc(C(F)(F)F)cc(C(F)(F)F)c2)cc(C(F)(F)F)c1. The second-order valence-corrected chi connectivity index (χ2v) is 17.5. The smallest absolute Gasteiger partial charge is 0.252 e. The van der Waals surface area contributed by atoms with Crippen LogP contribution in [0.25, 0.3) is 11.3 Å². The van der Waals surface area contributed by atoms with Crippen molar-refractivity contribution >= 4 is 28.0 Å². The highest BCUT2D eigenvalue weighted by Crippen LogP contribution is 2.41. The molecule has 0 bridgehead atoms. The molecule has 6 aromatic carbocycles. The largest absolute Gasteiger partial charge is 0.416 e. The van der Waals surface area contributed by atoms with Gasteiger partial charge in [-0.15, -0.1) is 0 Å². The molecule has 0 saturated heterocycles. The fraction of sp³-hybridized carbons (Fsp3) is 0.216. The van der Waals surface area contributed by atoms with Gasteiger partial charge in [-0.05, 0) is 55.3 Å². The number of alkyl halides is 24. The van der Waals surface area contributed by atoms with E-state index in [1.807, 2.05) is 24.7 Å². The summed E-state index contributed by atoms with van der Waals surface area (Å²) in [4.78, 5) is 4.31. The zero-order valence-corrected chi connectivity index (χ0v) is 39.0. The van der Waals surface area contributed by atoms with Crippen LogP contribution in [0.4, 0.5) is 105 Å². The molecule has 0 fully saturated rings. The molecule has 1 aromatic heterocycles. The van der Waals surface area contributed by atoms with E-state index < -0.39 is 195 Å². The lowest BCUT2D eigenvalue weighted by Crippen LogP contribution is -2.75. The first-order chi connectivity index (χ1) is 35.5. The molecule has 7 rings (SSSR count). The van der Waals surface area contributed by atoms with Gasteiger partial charge < -0.3 is 0 Å². The minimum absolute atomic E-state index is 0.691. The minimum atomic E-state index is -6.13. The van der Waals surface area contributed by atoms with Crippen molar-refractivity contribution in [3.63, 3.8) is 0 Å². The Bertz CT molecular complexity index is 2850. The standard InChI is InChI=1S/C32H12BF24.C19H19N2/c34-25(35,36)13-1-14(26(37,38)39)6-21(5-13)33(22-7-15(27(40,41)42)2-16(8-22)28(43,44)45,23-9-17(29(46,47)48)3-18(10-23)30(49,50)51)24-11-19(31(52,53)54)4-20(12-24)32(55,56)57;1-15-7-6-10-18(16(15)2)19-13-20-11-12-21(19)14-17-8-4-3-5-9-17/h1-12H;3-13H,14H2,1-2H3/q-1;+1. The molecule has 0 atom stereocenters. The summed E-state index contributed by atoms with van der Waals surface area (Å²) in [6.45, 7) is 5.17. The van der Waals surface area contributed by atoms with Gasteiger partial charge in [0.25, 0.3) is 0 Å². The number of hydrogen-bond acceptors (Lipinski definition) is 1. The van der Waals surface area contributed by atoms with Gasteiger partial charge in [0.15, 0.2) is 12.7 Å². The number of hydrogen-bond donors (Lipinski definition) is 0. The Morgan fingerprint density at radius 3 is 0.949 bits per heavy atom. The van der Waals surface area contributed by atoms with Gasteiger partial charge in [-0.2, -0.15) is 132 Å². The lowest BCUT2D eigenvalue weighted by molar-refractivity contribution is -0.678. The third kappa shape index (κ3) is 13.4. The van der Waals surface area contributed by atoms with Gasteiger partial charge in [-0.1, -0.05) is 91.0 Å². The predicted octanol–water partition coefficient (Wildman–Crippen LogP) is 14.9. The number of aromatic nitrogens is 2. The fourth-order valence-electron chi connectivity index (χ4n) is 8.63. The third-order valence-corrected chi connectivity index (χ3v) is 12.4. The number of rotatable bonds is 7. The van der Waals surface area contributed by atoms with Crippen molar-refractivity contribution in [2.75, 3.05) is 0 Å². The lowest BCUT2D eigenvalue weighted by atomic mass is 9.12. The highest BCUT2D eigenvalue weighted by molar-refractivity contribution is 7.20. The molecule has 0 spiro atoms. The summed E-state index contributed by atoms with van der Waals surface area (Å²) in [6.07, 6.45) is -49.0. The molecule has 0 unspecified atom stereocenters. The maximum Gasteiger partial charge on any atom is 0.416 e. The van der Waals surface area contributed by atoms with Crippen LogP contribution in [0.2, 0.25) is 0 Å². The van der Waals surface area contributed by atoms with Gasteiger partial charge in [0, 0.05) is 5.56 Å². The van der Waals surface area contributed by atoms with Crippen molar-refractivity contribution in [2.24, 2.45) is 0 Å². The molecular weight excluding hydrogens is 1110 g/mol. The Kier molecular flexibility index (Phi) is 16.1. The molecule has 0 N–H and O–H groups in total. The summed E-state index contributed by atoms with van der Waals surface area (Å²) in [5.74, 6) is 0. The Morgan fingerprint density at radius 2 is 0.667 bits per heavy atom. The van der Waals surface area contributed by atoms with Crippen molar-refractivity contribution in [2.45, 2.75) is 69.8 Å². The topological polar surface area (TPSA) is 16.8 Å². The first-order valence-electron chi connectivity index (χ1n) is 21.8. The van der Waals surface area contributed by atoms with Crippen LogP contribution in [0.3, 0.4) is 0 Å². The maximum atomic E-state index is 14.2.